The van der Waals surface area contributed by atoms with Crippen LogP contribution >= 0.6 is 0 Å². The van der Waals surface area contributed by atoms with Crippen molar-refractivity contribution in [2.24, 2.45) is 5.10 Å². The molecule has 0 unspecified atom stereocenters. The summed E-state index contributed by atoms with van der Waals surface area (Å²) in [7, 11) is 1.56. The fourth-order valence-electron chi connectivity index (χ4n) is 3.18. The standard InChI is InChI=1S/C25H21N5O5/c1-34-24-13-19(9-12-23(24)35-16-18-5-3-2-4-6-18)21-14-22(28-27-21)25(31)29-26-15-17-7-10-20(11-8-17)30(32)33/h2-15H,16H2,1H3,(H,27,28)(H,29,31). The number of nitrogens with zero attached hydrogens (tertiary/aromatic N) is 3. The second-order valence-electron chi connectivity index (χ2n) is 7.35. The Morgan fingerprint density at radius 2 is 1.86 bits per heavy atom. The number of hydrazone groups is 1. The van der Waals surface area contributed by atoms with Gasteiger partial charge in [0.25, 0.3) is 11.6 Å². The number of rotatable bonds is 9. The van der Waals surface area contributed by atoms with E-state index in [0.29, 0.717) is 29.4 Å². The van der Waals surface area contributed by atoms with E-state index in [1.165, 1.54) is 30.5 Å². The van der Waals surface area contributed by atoms with Gasteiger partial charge in [-0.25, -0.2) is 5.43 Å². The van der Waals surface area contributed by atoms with Crippen LogP contribution in [0.5, 0.6) is 11.5 Å². The molecule has 3 aromatic carbocycles. The first-order valence-electron chi connectivity index (χ1n) is 10.5. The van der Waals surface area contributed by atoms with Crippen molar-refractivity contribution in [3.63, 3.8) is 0 Å². The Morgan fingerprint density at radius 1 is 1.09 bits per heavy atom. The topological polar surface area (TPSA) is 132 Å². The van der Waals surface area contributed by atoms with Crippen molar-refractivity contribution < 1.29 is 19.2 Å². The molecule has 0 atom stereocenters. The molecule has 0 bridgehead atoms. The third-order valence-corrected chi connectivity index (χ3v) is 5.00. The van der Waals surface area contributed by atoms with Crippen LogP contribution in [0, 0.1) is 10.1 Å². The van der Waals surface area contributed by atoms with Crippen LogP contribution in [0.3, 0.4) is 0 Å². The van der Waals surface area contributed by atoms with Crippen LogP contribution in [0.4, 0.5) is 5.69 Å². The molecule has 0 aliphatic carbocycles. The number of H-pyrrole nitrogens is 1. The van der Waals surface area contributed by atoms with Crippen molar-refractivity contribution in [2.45, 2.75) is 6.61 Å². The SMILES string of the molecule is COc1cc(-c2cc(C(=O)NN=Cc3ccc([N+](=O)[O-])cc3)[nH]n2)ccc1OCc1ccccc1. The summed E-state index contributed by atoms with van der Waals surface area (Å²) in [5, 5.41) is 21.5. The molecule has 10 nitrogen and oxygen atoms in total. The first-order chi connectivity index (χ1) is 17.0. The summed E-state index contributed by atoms with van der Waals surface area (Å²) in [6.45, 7) is 0.406. The fraction of sp³-hybridized carbons (Fsp3) is 0.0800. The number of amides is 1. The lowest BCUT2D eigenvalue weighted by atomic mass is 10.1. The zero-order chi connectivity index (χ0) is 24.6. The number of non-ortho nitro benzene ring substituents is 1. The first-order valence-corrected chi connectivity index (χ1v) is 10.5. The van der Waals surface area contributed by atoms with Gasteiger partial charge in [-0.05, 0) is 47.5 Å². The second kappa shape index (κ2) is 10.8. The average molecular weight is 471 g/mol. The summed E-state index contributed by atoms with van der Waals surface area (Å²) in [4.78, 5) is 22.6. The zero-order valence-electron chi connectivity index (χ0n) is 18.7. The maximum absolute atomic E-state index is 12.4. The number of nitro groups is 1. The molecule has 0 saturated carbocycles. The predicted molar refractivity (Wildman–Crippen MR) is 130 cm³/mol. The molecule has 0 aliphatic rings. The van der Waals surface area contributed by atoms with E-state index >= 15 is 0 Å². The monoisotopic (exact) mass is 471 g/mol. The number of nitro benzene ring substituents is 1. The molecule has 1 heterocycles. The molecule has 0 saturated heterocycles. The molecule has 0 aliphatic heterocycles. The van der Waals surface area contributed by atoms with E-state index < -0.39 is 10.8 Å². The number of methoxy groups -OCH3 is 1. The van der Waals surface area contributed by atoms with E-state index in [2.05, 4.69) is 20.7 Å². The molecule has 0 radical (unpaired) electrons. The highest BCUT2D eigenvalue weighted by Crippen LogP contribution is 2.32. The molecule has 35 heavy (non-hydrogen) atoms. The van der Waals surface area contributed by atoms with Crippen molar-refractivity contribution in [1.82, 2.24) is 15.6 Å². The molecule has 2 N–H and O–H groups in total. The Bertz CT molecular complexity index is 1350. The summed E-state index contributed by atoms with van der Waals surface area (Å²) < 4.78 is 11.3. The summed E-state index contributed by atoms with van der Waals surface area (Å²) in [6.07, 6.45) is 1.39. The number of aromatic amines is 1. The summed E-state index contributed by atoms with van der Waals surface area (Å²) in [5.41, 5.74) is 5.50. The van der Waals surface area contributed by atoms with Gasteiger partial charge >= 0.3 is 0 Å². The number of hydrogen-bond acceptors (Lipinski definition) is 7. The summed E-state index contributed by atoms with van der Waals surface area (Å²) in [5.74, 6) is 0.644. The molecule has 0 fully saturated rings. The molecule has 1 amide bonds. The molecular formula is C25H21N5O5. The van der Waals surface area contributed by atoms with Gasteiger partial charge in [-0.1, -0.05) is 30.3 Å². The van der Waals surface area contributed by atoms with E-state index in [-0.39, 0.29) is 11.4 Å². The van der Waals surface area contributed by atoms with Gasteiger partial charge in [0, 0.05) is 17.7 Å². The van der Waals surface area contributed by atoms with Crippen LogP contribution in [-0.4, -0.2) is 34.4 Å². The maximum atomic E-state index is 12.4. The quantitative estimate of drug-likeness (QED) is 0.212. The third-order valence-electron chi connectivity index (χ3n) is 5.00. The van der Waals surface area contributed by atoms with Crippen LogP contribution in [0.25, 0.3) is 11.3 Å². The van der Waals surface area contributed by atoms with Crippen molar-refractivity contribution >= 4 is 17.8 Å². The van der Waals surface area contributed by atoms with Crippen molar-refractivity contribution in [1.29, 1.82) is 0 Å². The van der Waals surface area contributed by atoms with Gasteiger partial charge in [0.05, 0.1) is 23.9 Å². The Balaban J connectivity index is 1.39. The van der Waals surface area contributed by atoms with Gasteiger partial charge in [-0.15, -0.1) is 0 Å². The highest BCUT2D eigenvalue weighted by molar-refractivity contribution is 5.94. The molecule has 4 aromatic rings. The minimum atomic E-state index is -0.489. The van der Waals surface area contributed by atoms with Crippen molar-refractivity contribution in [3.05, 3.63) is 106 Å². The first kappa shape index (κ1) is 23.2. The minimum absolute atomic E-state index is 0.0244. The number of hydrogen-bond donors (Lipinski definition) is 2. The van der Waals surface area contributed by atoms with Crippen molar-refractivity contribution in [3.8, 4) is 22.8 Å². The summed E-state index contributed by atoms with van der Waals surface area (Å²) >= 11 is 0. The summed E-state index contributed by atoms with van der Waals surface area (Å²) in [6, 6.07) is 22.6. The van der Waals surface area contributed by atoms with E-state index in [1.54, 1.807) is 25.3 Å². The molecule has 176 valence electrons. The number of ether oxygens (including phenoxy) is 2. The number of nitrogens with one attached hydrogen (secondary N) is 2. The Kier molecular flexibility index (Phi) is 7.12. The molecule has 10 heteroatoms. The Morgan fingerprint density at radius 3 is 2.57 bits per heavy atom. The van der Waals surface area contributed by atoms with Crippen LogP contribution in [-0.2, 0) is 6.61 Å². The minimum Gasteiger partial charge on any atom is -0.493 e. The van der Waals surface area contributed by atoms with Gasteiger partial charge in [-0.3, -0.25) is 20.0 Å². The highest BCUT2D eigenvalue weighted by Gasteiger charge is 2.13. The van der Waals surface area contributed by atoms with Crippen LogP contribution < -0.4 is 14.9 Å². The van der Waals surface area contributed by atoms with Gasteiger partial charge in [0.2, 0.25) is 0 Å². The third kappa shape index (κ3) is 5.88. The molecule has 0 spiro atoms. The Hall–Kier alpha value is -4.99. The number of aromatic nitrogens is 2. The van der Waals surface area contributed by atoms with Gasteiger partial charge in [-0.2, -0.15) is 10.2 Å². The smallest absolute Gasteiger partial charge is 0.289 e. The highest BCUT2D eigenvalue weighted by atomic mass is 16.6. The largest absolute Gasteiger partial charge is 0.493 e. The Labute approximate surface area is 200 Å². The molecule has 4 rings (SSSR count). The lowest BCUT2D eigenvalue weighted by Gasteiger charge is -2.11. The fourth-order valence-corrected chi connectivity index (χ4v) is 3.18. The van der Waals surface area contributed by atoms with Gasteiger partial charge < -0.3 is 9.47 Å². The number of carbonyl (C=O) groups is 1. The second-order valence-corrected chi connectivity index (χ2v) is 7.35. The lowest BCUT2D eigenvalue weighted by molar-refractivity contribution is -0.384. The van der Waals surface area contributed by atoms with E-state index in [9.17, 15) is 14.9 Å². The van der Waals surface area contributed by atoms with Crippen LogP contribution in [0.1, 0.15) is 21.6 Å². The predicted octanol–water partition coefficient (Wildman–Crippen LogP) is 4.34. The number of benzene rings is 3. The van der Waals surface area contributed by atoms with Gasteiger partial charge in [0.1, 0.15) is 12.3 Å². The maximum Gasteiger partial charge on any atom is 0.289 e. The van der Waals surface area contributed by atoms with Crippen molar-refractivity contribution in [2.75, 3.05) is 7.11 Å². The lowest BCUT2D eigenvalue weighted by Crippen LogP contribution is -2.17. The normalized spacial score (nSPS) is 10.8. The van der Waals surface area contributed by atoms with E-state index in [1.807, 2.05) is 36.4 Å². The van der Waals surface area contributed by atoms with Crippen LogP contribution in [0.15, 0.2) is 84.0 Å². The molecular weight excluding hydrogens is 450 g/mol. The zero-order valence-corrected chi connectivity index (χ0v) is 18.7. The molecule has 1 aromatic heterocycles. The van der Waals surface area contributed by atoms with E-state index in [0.717, 1.165) is 11.1 Å². The average Bonchev–Trinajstić information content (AvgIpc) is 3.39. The van der Waals surface area contributed by atoms with E-state index in [4.69, 9.17) is 9.47 Å². The number of carbonyl (C=O) groups excluding carboxylic acids is 1. The van der Waals surface area contributed by atoms with Gasteiger partial charge in [0.15, 0.2) is 11.5 Å². The van der Waals surface area contributed by atoms with Crippen LogP contribution in [0.2, 0.25) is 0 Å².